The molecule has 0 aliphatic heterocycles. The number of nitrogens with zero attached hydrogens (tertiary/aromatic N) is 1. The van der Waals surface area contributed by atoms with Crippen LogP contribution in [0.4, 0.5) is 0 Å². The maximum atomic E-state index is 11.3. The van der Waals surface area contributed by atoms with Crippen LogP contribution in [0.25, 0.3) is 0 Å². The zero-order chi connectivity index (χ0) is 10.6. The van der Waals surface area contributed by atoms with E-state index in [1.54, 1.807) is 17.8 Å². The largest absolute Gasteiger partial charge is 0.301 e. The molecule has 0 fully saturated rings. The van der Waals surface area contributed by atoms with Gasteiger partial charge < -0.3 is 4.98 Å². The second kappa shape index (κ2) is 5.20. The van der Waals surface area contributed by atoms with Crippen LogP contribution in [0.3, 0.4) is 0 Å². The average Bonchev–Trinajstić information content (AvgIpc) is 2.14. The van der Waals surface area contributed by atoms with Gasteiger partial charge in [-0.1, -0.05) is 32.5 Å². The minimum Gasteiger partial charge on any atom is -0.301 e. The summed E-state index contributed by atoms with van der Waals surface area (Å²) in [5, 5.41) is 0.739. The number of H-pyrrole nitrogens is 1. The summed E-state index contributed by atoms with van der Waals surface area (Å²) < 4.78 is 0. The lowest BCUT2D eigenvalue weighted by Crippen LogP contribution is -2.10. The van der Waals surface area contributed by atoms with Gasteiger partial charge in [0.25, 0.3) is 5.56 Å². The lowest BCUT2D eigenvalue weighted by molar-refractivity contribution is 0.769. The number of aromatic amines is 1. The molecule has 4 heteroatoms. The van der Waals surface area contributed by atoms with Gasteiger partial charge in [0.1, 0.15) is 0 Å². The molecular weight excluding hydrogens is 196 g/mol. The molecule has 0 unspecified atom stereocenters. The fourth-order valence-electron chi connectivity index (χ4n) is 1.02. The summed E-state index contributed by atoms with van der Waals surface area (Å²) in [6.07, 6.45) is 1.08. The van der Waals surface area contributed by atoms with Gasteiger partial charge in [0.2, 0.25) is 0 Å². The molecule has 1 aromatic heterocycles. The van der Waals surface area contributed by atoms with E-state index in [1.165, 1.54) is 0 Å². The van der Waals surface area contributed by atoms with E-state index in [0.717, 1.165) is 23.0 Å². The lowest BCUT2D eigenvalue weighted by atomic mass is 10.1. The van der Waals surface area contributed by atoms with Crippen molar-refractivity contribution in [1.82, 2.24) is 9.97 Å². The third-order valence-corrected chi connectivity index (χ3v) is 2.85. The highest BCUT2D eigenvalue weighted by atomic mass is 32.2. The summed E-state index contributed by atoms with van der Waals surface area (Å²) in [5.74, 6) is 1.29. The van der Waals surface area contributed by atoms with Crippen LogP contribution in [-0.4, -0.2) is 15.7 Å². The smallest absolute Gasteiger partial charge is 0.251 e. The van der Waals surface area contributed by atoms with Gasteiger partial charge >= 0.3 is 0 Å². The van der Waals surface area contributed by atoms with E-state index < -0.39 is 0 Å². The Morgan fingerprint density at radius 1 is 1.57 bits per heavy atom. The Balaban J connectivity index is 2.90. The van der Waals surface area contributed by atoms with Gasteiger partial charge in [0, 0.05) is 11.8 Å². The van der Waals surface area contributed by atoms with E-state index in [2.05, 4.69) is 16.9 Å². The Morgan fingerprint density at radius 2 is 2.29 bits per heavy atom. The standard InChI is InChI=1S/C10H16N2OS/c1-4-5-14-10-11-8(7(2)3)6-9(13)12-10/h6-7H,4-5H2,1-3H3,(H,11,12,13). The first-order valence-corrected chi connectivity index (χ1v) is 5.86. The molecule has 0 aliphatic carbocycles. The number of nitrogens with one attached hydrogen (secondary N) is 1. The molecule has 14 heavy (non-hydrogen) atoms. The first-order valence-electron chi connectivity index (χ1n) is 4.87. The van der Waals surface area contributed by atoms with Crippen LogP contribution in [0.1, 0.15) is 38.8 Å². The summed E-state index contributed by atoms with van der Waals surface area (Å²) in [5.41, 5.74) is 0.814. The summed E-state index contributed by atoms with van der Waals surface area (Å²) in [7, 11) is 0. The van der Waals surface area contributed by atoms with Gasteiger partial charge in [-0.3, -0.25) is 4.79 Å². The third kappa shape index (κ3) is 3.18. The first kappa shape index (κ1) is 11.3. The Hall–Kier alpha value is -0.770. The maximum absolute atomic E-state index is 11.3. The van der Waals surface area contributed by atoms with Crippen LogP contribution < -0.4 is 5.56 Å². The second-order valence-corrected chi connectivity index (χ2v) is 4.56. The number of thioether (sulfide) groups is 1. The Labute approximate surface area is 88.3 Å². The zero-order valence-electron chi connectivity index (χ0n) is 8.83. The van der Waals surface area contributed by atoms with Crippen molar-refractivity contribution < 1.29 is 0 Å². The SMILES string of the molecule is CCCSc1nc(C(C)C)cc(=O)[nH]1. The van der Waals surface area contributed by atoms with Crippen molar-refractivity contribution in [3.05, 3.63) is 22.1 Å². The van der Waals surface area contributed by atoms with Crippen molar-refractivity contribution in [2.24, 2.45) is 0 Å². The predicted molar refractivity (Wildman–Crippen MR) is 60.0 cm³/mol. The highest BCUT2D eigenvalue weighted by Gasteiger charge is 2.04. The molecule has 0 atom stereocenters. The molecule has 0 saturated carbocycles. The summed E-state index contributed by atoms with van der Waals surface area (Å²) >= 11 is 1.60. The van der Waals surface area contributed by atoms with Crippen molar-refractivity contribution in [3.8, 4) is 0 Å². The summed E-state index contributed by atoms with van der Waals surface area (Å²) in [6, 6.07) is 1.57. The molecule has 1 aromatic rings. The Morgan fingerprint density at radius 3 is 2.86 bits per heavy atom. The van der Waals surface area contributed by atoms with Crippen molar-refractivity contribution in [1.29, 1.82) is 0 Å². The molecule has 0 saturated heterocycles. The van der Waals surface area contributed by atoms with Gasteiger partial charge in [0.05, 0.1) is 5.69 Å². The predicted octanol–water partition coefficient (Wildman–Crippen LogP) is 2.40. The van der Waals surface area contributed by atoms with Gasteiger partial charge in [0.15, 0.2) is 5.16 Å². The monoisotopic (exact) mass is 212 g/mol. The number of hydrogen-bond acceptors (Lipinski definition) is 3. The summed E-state index contributed by atoms with van der Waals surface area (Å²) in [6.45, 7) is 6.18. The van der Waals surface area contributed by atoms with Crippen LogP contribution in [0, 0.1) is 0 Å². The zero-order valence-corrected chi connectivity index (χ0v) is 9.65. The molecule has 0 aliphatic rings. The van der Waals surface area contributed by atoms with Crippen molar-refractivity contribution in [2.45, 2.75) is 38.3 Å². The lowest BCUT2D eigenvalue weighted by Gasteiger charge is -2.05. The quantitative estimate of drug-likeness (QED) is 0.615. The van der Waals surface area contributed by atoms with Gasteiger partial charge in [-0.15, -0.1) is 0 Å². The molecule has 78 valence electrons. The van der Waals surface area contributed by atoms with Crippen molar-refractivity contribution >= 4 is 11.8 Å². The molecule has 3 nitrogen and oxygen atoms in total. The molecule has 0 spiro atoms. The molecule has 0 amide bonds. The van der Waals surface area contributed by atoms with Crippen molar-refractivity contribution in [2.75, 3.05) is 5.75 Å². The molecule has 1 rings (SSSR count). The summed E-state index contributed by atoms with van der Waals surface area (Å²) in [4.78, 5) is 18.4. The number of hydrogen-bond donors (Lipinski definition) is 1. The fourth-order valence-corrected chi connectivity index (χ4v) is 1.76. The van der Waals surface area contributed by atoms with E-state index in [9.17, 15) is 4.79 Å². The van der Waals surface area contributed by atoms with Crippen molar-refractivity contribution in [3.63, 3.8) is 0 Å². The molecule has 0 radical (unpaired) electrons. The molecule has 0 aromatic carbocycles. The molecule has 0 bridgehead atoms. The van der Waals surface area contributed by atoms with Crippen LogP contribution in [0.2, 0.25) is 0 Å². The minimum absolute atomic E-state index is 0.0534. The van der Waals surface area contributed by atoms with Gasteiger partial charge in [-0.05, 0) is 12.3 Å². The maximum Gasteiger partial charge on any atom is 0.251 e. The Bertz CT molecular complexity index is 346. The second-order valence-electron chi connectivity index (χ2n) is 3.48. The van der Waals surface area contributed by atoms with Gasteiger partial charge in [-0.25, -0.2) is 4.98 Å². The van der Waals surface area contributed by atoms with E-state index in [0.29, 0.717) is 5.92 Å². The van der Waals surface area contributed by atoms with Crippen LogP contribution in [0.5, 0.6) is 0 Å². The first-order chi connectivity index (χ1) is 6.63. The minimum atomic E-state index is -0.0534. The molecule has 1 N–H and O–H groups in total. The topological polar surface area (TPSA) is 45.8 Å². The van der Waals surface area contributed by atoms with Crippen LogP contribution in [-0.2, 0) is 0 Å². The molecular formula is C10H16N2OS. The van der Waals surface area contributed by atoms with Crippen LogP contribution >= 0.6 is 11.8 Å². The Kier molecular flexibility index (Phi) is 4.20. The van der Waals surface area contributed by atoms with E-state index in [4.69, 9.17) is 0 Å². The average molecular weight is 212 g/mol. The fraction of sp³-hybridized carbons (Fsp3) is 0.600. The third-order valence-electron chi connectivity index (χ3n) is 1.77. The van der Waals surface area contributed by atoms with Gasteiger partial charge in [-0.2, -0.15) is 0 Å². The number of rotatable bonds is 4. The number of aromatic nitrogens is 2. The highest BCUT2D eigenvalue weighted by Crippen LogP contribution is 2.15. The normalized spacial score (nSPS) is 10.9. The van der Waals surface area contributed by atoms with E-state index >= 15 is 0 Å². The van der Waals surface area contributed by atoms with Crippen LogP contribution in [0.15, 0.2) is 16.0 Å². The highest BCUT2D eigenvalue weighted by molar-refractivity contribution is 7.99. The molecule has 1 heterocycles. The van der Waals surface area contributed by atoms with E-state index in [1.807, 2.05) is 13.8 Å². The van der Waals surface area contributed by atoms with E-state index in [-0.39, 0.29) is 5.56 Å².